The number of amides is 2. The van der Waals surface area contributed by atoms with Crippen molar-refractivity contribution in [2.75, 3.05) is 17.8 Å². The quantitative estimate of drug-likeness (QED) is 0.518. The van der Waals surface area contributed by atoms with E-state index in [1.165, 1.54) is 10.4 Å². The molecule has 2 aromatic carbocycles. The van der Waals surface area contributed by atoms with E-state index in [0.29, 0.717) is 29.9 Å². The largest absolute Gasteiger partial charge is 0.352 e. The molecule has 1 aliphatic heterocycles. The summed E-state index contributed by atoms with van der Waals surface area (Å²) in [6, 6.07) is 13.5. The van der Waals surface area contributed by atoms with Crippen LogP contribution in [0.25, 0.3) is 0 Å². The van der Waals surface area contributed by atoms with Crippen molar-refractivity contribution in [1.82, 2.24) is 10.2 Å². The number of carbonyl (C=O) groups is 2. The molecule has 2 N–H and O–H groups in total. The topological polar surface area (TPSA) is 95.6 Å². The van der Waals surface area contributed by atoms with E-state index < -0.39 is 10.0 Å². The maximum absolute atomic E-state index is 12.8. The Balaban J connectivity index is 1.29. The lowest BCUT2D eigenvalue weighted by Crippen LogP contribution is -2.37. The van der Waals surface area contributed by atoms with Gasteiger partial charge in [-0.3, -0.25) is 14.3 Å². The van der Waals surface area contributed by atoms with E-state index >= 15 is 0 Å². The molecular formula is C25H27N3O4S2. The van der Waals surface area contributed by atoms with Gasteiger partial charge in [-0.05, 0) is 78.7 Å². The molecule has 7 nitrogen and oxygen atoms in total. The lowest BCUT2D eigenvalue weighted by atomic mass is 10.1. The molecule has 0 fully saturated rings. The normalized spacial score (nSPS) is 13.3. The molecule has 178 valence electrons. The van der Waals surface area contributed by atoms with Crippen LogP contribution in [-0.2, 0) is 27.8 Å². The Morgan fingerprint density at radius 3 is 2.59 bits per heavy atom. The molecular weight excluding hydrogens is 470 g/mol. The van der Waals surface area contributed by atoms with Crippen molar-refractivity contribution in [2.45, 2.75) is 38.1 Å². The first-order valence-corrected chi connectivity index (χ1v) is 13.4. The van der Waals surface area contributed by atoms with Gasteiger partial charge in [0.15, 0.2) is 0 Å². The maximum atomic E-state index is 12.8. The van der Waals surface area contributed by atoms with Gasteiger partial charge in [-0.2, -0.15) is 0 Å². The van der Waals surface area contributed by atoms with Crippen LogP contribution in [0, 0.1) is 13.8 Å². The van der Waals surface area contributed by atoms with Gasteiger partial charge in [0.2, 0.25) is 5.91 Å². The fourth-order valence-corrected chi connectivity index (χ4v) is 6.18. The first-order chi connectivity index (χ1) is 16.2. The third kappa shape index (κ3) is 5.48. The van der Waals surface area contributed by atoms with E-state index in [2.05, 4.69) is 21.5 Å². The number of benzene rings is 2. The lowest BCUT2D eigenvalue weighted by molar-refractivity contribution is -0.131. The molecule has 0 spiro atoms. The number of nitrogens with zero attached hydrogens (tertiary/aromatic N) is 1. The zero-order chi connectivity index (χ0) is 24.3. The summed E-state index contributed by atoms with van der Waals surface area (Å²) in [5.41, 5.74) is 3.48. The minimum atomic E-state index is -3.74. The first-order valence-electron chi connectivity index (χ1n) is 11.0. The fourth-order valence-electron chi connectivity index (χ4n) is 3.90. The van der Waals surface area contributed by atoms with Gasteiger partial charge in [-0.1, -0.05) is 12.1 Å². The van der Waals surface area contributed by atoms with Crippen molar-refractivity contribution >= 4 is 38.9 Å². The molecule has 0 bridgehead atoms. The molecule has 2 heterocycles. The molecule has 0 saturated heterocycles. The number of hydrogen-bond donors (Lipinski definition) is 2. The van der Waals surface area contributed by atoms with Gasteiger partial charge in [0, 0.05) is 42.2 Å². The summed E-state index contributed by atoms with van der Waals surface area (Å²) < 4.78 is 28.1. The highest BCUT2D eigenvalue weighted by Crippen LogP contribution is 2.24. The number of hydrogen-bond acceptors (Lipinski definition) is 5. The van der Waals surface area contributed by atoms with Gasteiger partial charge in [-0.25, -0.2) is 8.42 Å². The number of nitrogens with one attached hydrogen (secondary N) is 2. The summed E-state index contributed by atoms with van der Waals surface area (Å²) in [6.45, 7) is 5.17. The maximum Gasteiger partial charge on any atom is 0.262 e. The number of carbonyl (C=O) groups excluding carboxylic acids is 2. The third-order valence-electron chi connectivity index (χ3n) is 5.82. The lowest BCUT2D eigenvalue weighted by Gasteiger charge is -2.27. The molecule has 0 radical (unpaired) electrons. The zero-order valence-corrected chi connectivity index (χ0v) is 20.8. The van der Waals surface area contributed by atoms with Crippen molar-refractivity contribution in [1.29, 1.82) is 0 Å². The number of thiophene rings is 1. The molecule has 1 aromatic heterocycles. The van der Waals surface area contributed by atoms with Crippen LogP contribution in [0.3, 0.4) is 0 Å². The van der Waals surface area contributed by atoms with E-state index in [9.17, 15) is 18.0 Å². The van der Waals surface area contributed by atoms with Crippen LogP contribution in [0.15, 0.2) is 58.8 Å². The molecule has 1 aliphatic rings. The van der Waals surface area contributed by atoms with Crippen LogP contribution in [-0.4, -0.2) is 38.2 Å². The van der Waals surface area contributed by atoms with Crippen molar-refractivity contribution < 1.29 is 18.0 Å². The van der Waals surface area contributed by atoms with E-state index in [1.54, 1.807) is 54.7 Å². The van der Waals surface area contributed by atoms with Crippen LogP contribution < -0.4 is 10.0 Å². The van der Waals surface area contributed by atoms with Gasteiger partial charge in [0.25, 0.3) is 15.9 Å². The monoisotopic (exact) mass is 497 g/mol. The number of fused-ring (bicyclic) bond motifs is 1. The Kier molecular flexibility index (Phi) is 7.04. The van der Waals surface area contributed by atoms with Gasteiger partial charge >= 0.3 is 0 Å². The predicted octanol–water partition coefficient (Wildman–Crippen LogP) is 3.87. The number of sulfonamides is 1. The van der Waals surface area contributed by atoms with Crippen LogP contribution in [0.5, 0.6) is 0 Å². The minimum absolute atomic E-state index is 0.0216. The Bertz CT molecular complexity index is 1310. The second kappa shape index (κ2) is 9.99. The van der Waals surface area contributed by atoms with E-state index in [1.807, 2.05) is 17.9 Å². The number of anilines is 1. The summed E-state index contributed by atoms with van der Waals surface area (Å²) in [5.74, 6) is -0.288. The predicted molar refractivity (Wildman–Crippen MR) is 134 cm³/mol. The summed E-state index contributed by atoms with van der Waals surface area (Å²) >= 11 is 1.73. The number of aryl methyl sites for hydroxylation is 2. The molecule has 0 saturated carbocycles. The van der Waals surface area contributed by atoms with Gasteiger partial charge in [-0.15, -0.1) is 11.3 Å². The summed E-state index contributed by atoms with van der Waals surface area (Å²) in [4.78, 5) is 28.4. The zero-order valence-electron chi connectivity index (χ0n) is 19.1. The highest BCUT2D eigenvalue weighted by Gasteiger charge is 2.21. The van der Waals surface area contributed by atoms with Crippen molar-refractivity contribution in [2.24, 2.45) is 0 Å². The third-order valence-corrected chi connectivity index (χ3v) is 8.36. The van der Waals surface area contributed by atoms with E-state index in [-0.39, 0.29) is 29.7 Å². The highest BCUT2D eigenvalue weighted by atomic mass is 32.2. The molecule has 2 amide bonds. The molecule has 0 aliphatic carbocycles. The van der Waals surface area contributed by atoms with Crippen LogP contribution in [0.4, 0.5) is 5.69 Å². The van der Waals surface area contributed by atoms with Gasteiger partial charge < -0.3 is 10.2 Å². The second-order valence-electron chi connectivity index (χ2n) is 8.39. The molecule has 4 rings (SSSR count). The van der Waals surface area contributed by atoms with E-state index in [0.717, 1.165) is 12.0 Å². The van der Waals surface area contributed by atoms with E-state index in [4.69, 9.17) is 0 Å². The van der Waals surface area contributed by atoms with Crippen LogP contribution in [0.2, 0.25) is 0 Å². The Labute approximate surface area is 203 Å². The van der Waals surface area contributed by atoms with Crippen molar-refractivity contribution in [3.63, 3.8) is 0 Å². The molecule has 34 heavy (non-hydrogen) atoms. The average Bonchev–Trinajstić information content (AvgIpc) is 3.28. The second-order valence-corrected chi connectivity index (χ2v) is 11.0. The smallest absolute Gasteiger partial charge is 0.262 e. The number of rotatable bonds is 7. The van der Waals surface area contributed by atoms with Crippen LogP contribution >= 0.6 is 11.3 Å². The first kappa shape index (κ1) is 24.0. The van der Waals surface area contributed by atoms with Crippen LogP contribution in [0.1, 0.15) is 38.3 Å². The minimum Gasteiger partial charge on any atom is -0.352 e. The molecule has 0 atom stereocenters. The average molecular weight is 498 g/mol. The fraction of sp³-hybridized carbons (Fsp3) is 0.280. The Morgan fingerprint density at radius 1 is 1.06 bits per heavy atom. The van der Waals surface area contributed by atoms with Gasteiger partial charge in [0.05, 0.1) is 4.90 Å². The van der Waals surface area contributed by atoms with Gasteiger partial charge in [0.1, 0.15) is 0 Å². The molecule has 9 heteroatoms. The highest BCUT2D eigenvalue weighted by molar-refractivity contribution is 7.92. The van der Waals surface area contributed by atoms with Crippen molar-refractivity contribution in [3.8, 4) is 0 Å². The molecule has 3 aromatic rings. The Hall–Kier alpha value is -3.17. The molecule has 0 unspecified atom stereocenters. The Morgan fingerprint density at radius 2 is 1.82 bits per heavy atom. The standard InChI is InChI=1S/C25H27N3O4S2/c1-17-3-4-18(2)23(15-17)34(31,32)27-21-7-5-19(6-8-21)25(30)26-12-9-24(29)28-13-10-22-20(16-28)11-14-33-22/h3-8,11,14-15,27H,9-10,12-13,16H2,1-2H3,(H,26,30). The summed E-state index contributed by atoms with van der Waals surface area (Å²) in [7, 11) is -3.74. The van der Waals surface area contributed by atoms with Crippen molar-refractivity contribution in [3.05, 3.63) is 81.0 Å². The summed E-state index contributed by atoms with van der Waals surface area (Å²) in [6.07, 6.45) is 1.11. The summed E-state index contributed by atoms with van der Waals surface area (Å²) in [5, 5.41) is 4.82. The SMILES string of the molecule is Cc1ccc(C)c(S(=O)(=O)Nc2ccc(C(=O)NCCC(=O)N3CCc4sccc4C3)cc2)c1.